The van der Waals surface area contributed by atoms with Crippen LogP contribution in [0.3, 0.4) is 0 Å². The number of hydrogen-bond donors (Lipinski definition) is 1. The van der Waals surface area contributed by atoms with Crippen LogP contribution in [-0.4, -0.2) is 36.6 Å². The number of unbranched alkanes of at least 4 members (excludes halogenated alkanes) is 1. The Morgan fingerprint density at radius 3 is 2.62 bits per heavy atom. The van der Waals surface area contributed by atoms with E-state index in [-0.39, 0.29) is 0 Å². The molecule has 0 radical (unpaired) electrons. The van der Waals surface area contributed by atoms with Crippen molar-refractivity contribution in [3.8, 4) is 0 Å². The van der Waals surface area contributed by atoms with Gasteiger partial charge in [-0.1, -0.05) is 26.7 Å². The van der Waals surface area contributed by atoms with E-state index < -0.39 is 0 Å². The first kappa shape index (κ1) is 12.4. The number of nitrogens with zero attached hydrogens (tertiary/aromatic N) is 1. The van der Waals surface area contributed by atoms with E-state index in [4.69, 9.17) is 0 Å². The summed E-state index contributed by atoms with van der Waals surface area (Å²) >= 11 is 0. The van der Waals surface area contributed by atoms with Crippen molar-refractivity contribution in [3.05, 3.63) is 0 Å². The average molecular weight is 224 g/mol. The third-order valence-electron chi connectivity index (χ3n) is 4.14. The summed E-state index contributed by atoms with van der Waals surface area (Å²) in [6.45, 7) is 8.48. The first-order valence-corrected chi connectivity index (χ1v) is 7.32. The van der Waals surface area contributed by atoms with Crippen LogP contribution in [0.2, 0.25) is 0 Å². The van der Waals surface area contributed by atoms with Crippen LogP contribution in [0, 0.1) is 5.92 Å². The topological polar surface area (TPSA) is 15.3 Å². The molecule has 0 aromatic heterocycles. The zero-order valence-electron chi connectivity index (χ0n) is 11.0. The first-order chi connectivity index (χ1) is 7.85. The Morgan fingerprint density at radius 2 is 2.00 bits per heavy atom. The van der Waals surface area contributed by atoms with Gasteiger partial charge in [0.05, 0.1) is 0 Å². The first-order valence-electron chi connectivity index (χ1n) is 7.32. The average Bonchev–Trinajstić information content (AvgIpc) is 3.11. The summed E-state index contributed by atoms with van der Waals surface area (Å²) < 4.78 is 0. The van der Waals surface area contributed by atoms with Crippen LogP contribution in [-0.2, 0) is 0 Å². The highest BCUT2D eigenvalue weighted by atomic mass is 15.2. The largest absolute Gasteiger partial charge is 0.311 e. The molecule has 2 unspecified atom stereocenters. The van der Waals surface area contributed by atoms with E-state index in [1.807, 2.05) is 0 Å². The SMILES string of the molecule is CCCCN1CC(CCC)NCC1C1CC1. The van der Waals surface area contributed by atoms with Gasteiger partial charge >= 0.3 is 0 Å². The molecule has 1 aliphatic carbocycles. The lowest BCUT2D eigenvalue weighted by molar-refractivity contribution is 0.110. The van der Waals surface area contributed by atoms with Gasteiger partial charge in [0.2, 0.25) is 0 Å². The highest BCUT2D eigenvalue weighted by Gasteiger charge is 2.37. The summed E-state index contributed by atoms with van der Waals surface area (Å²) in [4.78, 5) is 2.79. The molecule has 2 heteroatoms. The predicted molar refractivity (Wildman–Crippen MR) is 69.7 cm³/mol. The standard InChI is InChI=1S/C14H28N2/c1-3-5-9-16-11-13(6-4-2)15-10-14(16)12-7-8-12/h12-15H,3-11H2,1-2H3. The Morgan fingerprint density at radius 1 is 1.19 bits per heavy atom. The molecule has 2 fully saturated rings. The van der Waals surface area contributed by atoms with Gasteiger partial charge in [0.1, 0.15) is 0 Å². The molecule has 1 saturated heterocycles. The van der Waals surface area contributed by atoms with Crippen molar-refractivity contribution < 1.29 is 0 Å². The van der Waals surface area contributed by atoms with Gasteiger partial charge in [0.15, 0.2) is 0 Å². The zero-order valence-corrected chi connectivity index (χ0v) is 11.0. The molecule has 16 heavy (non-hydrogen) atoms. The minimum absolute atomic E-state index is 0.761. The van der Waals surface area contributed by atoms with E-state index in [1.54, 1.807) is 0 Å². The van der Waals surface area contributed by atoms with Gasteiger partial charge in [0.25, 0.3) is 0 Å². The number of rotatable bonds is 6. The third-order valence-corrected chi connectivity index (χ3v) is 4.14. The van der Waals surface area contributed by atoms with Gasteiger partial charge < -0.3 is 5.32 Å². The van der Waals surface area contributed by atoms with E-state index in [0.717, 1.165) is 18.0 Å². The molecule has 0 amide bonds. The van der Waals surface area contributed by atoms with Crippen LogP contribution in [0.25, 0.3) is 0 Å². The Hall–Kier alpha value is -0.0800. The third kappa shape index (κ3) is 3.21. The molecule has 1 aliphatic heterocycles. The van der Waals surface area contributed by atoms with Gasteiger partial charge in [-0.2, -0.15) is 0 Å². The van der Waals surface area contributed by atoms with Crippen LogP contribution in [0.1, 0.15) is 52.4 Å². The molecule has 0 bridgehead atoms. The molecule has 2 rings (SSSR count). The minimum atomic E-state index is 0.761. The number of piperazine rings is 1. The molecule has 0 aromatic rings. The Bertz CT molecular complexity index is 201. The van der Waals surface area contributed by atoms with Crippen LogP contribution < -0.4 is 5.32 Å². The normalized spacial score (nSPS) is 31.9. The fraction of sp³-hybridized carbons (Fsp3) is 1.00. The van der Waals surface area contributed by atoms with E-state index >= 15 is 0 Å². The maximum Gasteiger partial charge on any atom is 0.0249 e. The van der Waals surface area contributed by atoms with Crippen LogP contribution in [0.5, 0.6) is 0 Å². The number of hydrogen-bond acceptors (Lipinski definition) is 2. The molecule has 1 saturated carbocycles. The summed E-state index contributed by atoms with van der Waals surface area (Å²) in [6.07, 6.45) is 8.33. The van der Waals surface area contributed by atoms with Crippen molar-refractivity contribution in [2.45, 2.75) is 64.5 Å². The van der Waals surface area contributed by atoms with Crippen molar-refractivity contribution in [1.82, 2.24) is 10.2 Å². The van der Waals surface area contributed by atoms with E-state index in [0.29, 0.717) is 0 Å². The molecule has 1 heterocycles. The monoisotopic (exact) mass is 224 g/mol. The van der Waals surface area contributed by atoms with Crippen molar-refractivity contribution in [1.29, 1.82) is 0 Å². The zero-order chi connectivity index (χ0) is 11.4. The van der Waals surface area contributed by atoms with Crippen LogP contribution in [0.15, 0.2) is 0 Å². The van der Waals surface area contributed by atoms with Gasteiger partial charge in [-0.3, -0.25) is 4.90 Å². The van der Waals surface area contributed by atoms with E-state index in [2.05, 4.69) is 24.1 Å². The molecule has 1 N–H and O–H groups in total. The van der Waals surface area contributed by atoms with Gasteiger partial charge in [-0.15, -0.1) is 0 Å². The molecule has 2 atom stereocenters. The summed E-state index contributed by atoms with van der Waals surface area (Å²) in [5.41, 5.74) is 0. The maximum absolute atomic E-state index is 3.76. The summed E-state index contributed by atoms with van der Waals surface area (Å²) in [7, 11) is 0. The van der Waals surface area contributed by atoms with E-state index in [1.165, 1.54) is 58.2 Å². The molecule has 0 spiro atoms. The highest BCUT2D eigenvalue weighted by molar-refractivity contribution is 4.94. The van der Waals surface area contributed by atoms with Crippen molar-refractivity contribution >= 4 is 0 Å². The number of nitrogens with one attached hydrogen (secondary N) is 1. The second-order valence-corrected chi connectivity index (χ2v) is 5.65. The maximum atomic E-state index is 3.76. The lowest BCUT2D eigenvalue weighted by Crippen LogP contribution is -2.57. The predicted octanol–water partition coefficient (Wildman–Crippen LogP) is 2.64. The summed E-state index contributed by atoms with van der Waals surface area (Å²) in [5, 5.41) is 3.76. The molecular formula is C14H28N2. The lowest BCUT2D eigenvalue weighted by Gasteiger charge is -2.41. The quantitative estimate of drug-likeness (QED) is 0.746. The van der Waals surface area contributed by atoms with Crippen LogP contribution >= 0.6 is 0 Å². The fourth-order valence-electron chi connectivity index (χ4n) is 3.01. The fourth-order valence-corrected chi connectivity index (χ4v) is 3.01. The second kappa shape index (κ2) is 6.02. The highest BCUT2D eigenvalue weighted by Crippen LogP contribution is 2.36. The summed E-state index contributed by atoms with van der Waals surface area (Å²) in [5.74, 6) is 1.02. The van der Waals surface area contributed by atoms with Crippen molar-refractivity contribution in [3.63, 3.8) is 0 Å². The molecule has 2 aliphatic rings. The molecule has 2 nitrogen and oxygen atoms in total. The van der Waals surface area contributed by atoms with Gasteiger partial charge in [0, 0.05) is 25.2 Å². The van der Waals surface area contributed by atoms with Gasteiger partial charge in [-0.25, -0.2) is 0 Å². The van der Waals surface area contributed by atoms with Crippen molar-refractivity contribution in [2.24, 2.45) is 5.92 Å². The van der Waals surface area contributed by atoms with Crippen molar-refractivity contribution in [2.75, 3.05) is 19.6 Å². The van der Waals surface area contributed by atoms with Gasteiger partial charge in [-0.05, 0) is 38.1 Å². The molecule has 0 aromatic carbocycles. The summed E-state index contributed by atoms with van der Waals surface area (Å²) in [6, 6.07) is 1.62. The van der Waals surface area contributed by atoms with Crippen LogP contribution in [0.4, 0.5) is 0 Å². The smallest absolute Gasteiger partial charge is 0.0249 e. The Labute approximate surface area is 101 Å². The lowest BCUT2D eigenvalue weighted by atomic mass is 10.0. The second-order valence-electron chi connectivity index (χ2n) is 5.65. The van der Waals surface area contributed by atoms with E-state index in [9.17, 15) is 0 Å². The Balaban J connectivity index is 1.84. The minimum Gasteiger partial charge on any atom is -0.311 e. The molecular weight excluding hydrogens is 196 g/mol. The molecule has 94 valence electrons. The Kier molecular flexibility index (Phi) is 4.66.